The van der Waals surface area contributed by atoms with Crippen LogP contribution in [0.1, 0.15) is 25.0 Å². The van der Waals surface area contributed by atoms with Gasteiger partial charge in [0.25, 0.3) is 0 Å². The fraction of sp³-hybridized carbons (Fsp3) is 0.133. The molecule has 4 aromatic carbocycles. The molecule has 0 atom stereocenters. The van der Waals surface area contributed by atoms with Crippen molar-refractivity contribution in [1.82, 2.24) is 14.4 Å². The Labute approximate surface area is 191 Å². The van der Waals surface area contributed by atoms with Gasteiger partial charge in [-0.3, -0.25) is 9.38 Å². The van der Waals surface area contributed by atoms with E-state index < -0.39 is 0 Å². The van der Waals surface area contributed by atoms with Crippen molar-refractivity contribution in [2.24, 2.45) is 0 Å². The second kappa shape index (κ2) is 6.76. The number of aryl methyl sites for hydroxylation is 2. The fourth-order valence-electron chi connectivity index (χ4n) is 5.75. The Hall–Kier alpha value is -3.98. The van der Waals surface area contributed by atoms with Crippen molar-refractivity contribution in [3.63, 3.8) is 0 Å². The molecule has 0 aliphatic heterocycles. The molecular weight excluding hydrogens is 402 g/mol. The van der Waals surface area contributed by atoms with Crippen LogP contribution in [-0.2, 0) is 12.8 Å². The highest BCUT2D eigenvalue weighted by atomic mass is 15.0. The summed E-state index contributed by atoms with van der Waals surface area (Å²) in [5, 5.41) is 8.74. The third kappa shape index (κ3) is 2.39. The van der Waals surface area contributed by atoms with Gasteiger partial charge in [-0.15, -0.1) is 0 Å². The fourth-order valence-corrected chi connectivity index (χ4v) is 5.75. The highest BCUT2D eigenvalue weighted by Gasteiger charge is 2.20. The largest absolute Gasteiger partial charge is 0.292 e. The van der Waals surface area contributed by atoms with Crippen LogP contribution in [-0.4, -0.2) is 14.4 Å². The molecule has 0 bridgehead atoms. The van der Waals surface area contributed by atoms with Crippen molar-refractivity contribution >= 4 is 48.9 Å². The molecule has 0 amide bonds. The minimum Gasteiger partial charge on any atom is -0.292 e. The molecule has 158 valence electrons. The van der Waals surface area contributed by atoms with E-state index in [2.05, 4.69) is 90.1 Å². The molecule has 3 heterocycles. The minimum atomic E-state index is 0.993. The molecule has 7 aromatic rings. The number of hydrogen-bond donors (Lipinski definition) is 0. The predicted octanol–water partition coefficient (Wildman–Crippen LogP) is 7.57. The van der Waals surface area contributed by atoms with Crippen molar-refractivity contribution in [1.29, 1.82) is 0 Å². The average molecular weight is 426 g/mol. The van der Waals surface area contributed by atoms with Crippen LogP contribution < -0.4 is 0 Å². The molecule has 0 aliphatic rings. The van der Waals surface area contributed by atoms with E-state index in [9.17, 15) is 0 Å². The van der Waals surface area contributed by atoms with Gasteiger partial charge < -0.3 is 0 Å². The highest BCUT2D eigenvalue weighted by Crippen LogP contribution is 2.42. The summed E-state index contributed by atoms with van der Waals surface area (Å²) in [6, 6.07) is 22.2. The van der Waals surface area contributed by atoms with Gasteiger partial charge in [-0.2, -0.15) is 0 Å². The number of imidazole rings is 1. The molecule has 3 heteroatoms. The minimum absolute atomic E-state index is 0.993. The lowest BCUT2D eigenvalue weighted by Gasteiger charge is -2.18. The molecule has 33 heavy (non-hydrogen) atoms. The number of aromatic nitrogens is 3. The summed E-state index contributed by atoms with van der Waals surface area (Å²) in [5.74, 6) is 0. The number of rotatable bonds is 3. The molecule has 0 unspecified atom stereocenters. The second-order valence-electron chi connectivity index (χ2n) is 8.85. The van der Waals surface area contributed by atoms with Gasteiger partial charge in [-0.05, 0) is 52.3 Å². The van der Waals surface area contributed by atoms with Gasteiger partial charge in [-0.25, -0.2) is 4.98 Å². The second-order valence-corrected chi connectivity index (χ2v) is 8.85. The number of pyridine rings is 2. The molecule has 0 saturated heterocycles. The Kier molecular flexibility index (Phi) is 3.80. The van der Waals surface area contributed by atoms with Gasteiger partial charge in [-0.1, -0.05) is 62.4 Å². The van der Waals surface area contributed by atoms with E-state index in [-0.39, 0.29) is 0 Å². The predicted molar refractivity (Wildman–Crippen MR) is 138 cm³/mol. The van der Waals surface area contributed by atoms with Crippen LogP contribution >= 0.6 is 0 Å². The zero-order valence-electron chi connectivity index (χ0n) is 18.8. The van der Waals surface area contributed by atoms with Gasteiger partial charge in [0, 0.05) is 39.5 Å². The van der Waals surface area contributed by atoms with Crippen LogP contribution in [0.2, 0.25) is 0 Å². The lowest BCUT2D eigenvalue weighted by atomic mass is 9.93. The molecule has 7 rings (SSSR count). The van der Waals surface area contributed by atoms with Gasteiger partial charge in [0.1, 0.15) is 5.65 Å². The third-order valence-electron chi connectivity index (χ3n) is 7.23. The summed E-state index contributed by atoms with van der Waals surface area (Å²) in [7, 11) is 0. The van der Waals surface area contributed by atoms with E-state index in [1.54, 1.807) is 0 Å². The van der Waals surface area contributed by atoms with Gasteiger partial charge in [0.05, 0.1) is 17.4 Å². The summed E-state index contributed by atoms with van der Waals surface area (Å²) >= 11 is 0. The first kappa shape index (κ1) is 18.6. The molecule has 0 spiro atoms. The molecule has 0 saturated carbocycles. The van der Waals surface area contributed by atoms with Crippen LogP contribution in [0.15, 0.2) is 79.3 Å². The van der Waals surface area contributed by atoms with Crippen molar-refractivity contribution in [2.45, 2.75) is 26.7 Å². The van der Waals surface area contributed by atoms with E-state index in [0.717, 1.165) is 23.9 Å². The summed E-state index contributed by atoms with van der Waals surface area (Å²) in [4.78, 5) is 9.45. The first-order valence-electron chi connectivity index (χ1n) is 11.7. The van der Waals surface area contributed by atoms with Gasteiger partial charge >= 0.3 is 0 Å². The molecule has 0 fully saturated rings. The first-order chi connectivity index (χ1) is 16.3. The van der Waals surface area contributed by atoms with Crippen LogP contribution in [0.25, 0.3) is 60.1 Å². The Morgan fingerprint density at radius 1 is 0.727 bits per heavy atom. The molecule has 0 N–H and O–H groups in total. The Morgan fingerprint density at radius 2 is 1.55 bits per heavy atom. The maximum Gasteiger partial charge on any atom is 0.145 e. The topological polar surface area (TPSA) is 30.2 Å². The molecule has 0 aliphatic carbocycles. The van der Waals surface area contributed by atoms with Gasteiger partial charge in [0.15, 0.2) is 0 Å². The van der Waals surface area contributed by atoms with Crippen LogP contribution in [0.3, 0.4) is 0 Å². The van der Waals surface area contributed by atoms with Crippen LogP contribution in [0.4, 0.5) is 0 Å². The molecule has 0 radical (unpaired) electrons. The van der Waals surface area contributed by atoms with E-state index in [0.29, 0.717) is 0 Å². The van der Waals surface area contributed by atoms with Crippen LogP contribution in [0, 0.1) is 0 Å². The number of hydrogen-bond acceptors (Lipinski definition) is 2. The molecule has 3 aromatic heterocycles. The normalized spacial score (nSPS) is 12.2. The van der Waals surface area contributed by atoms with E-state index in [1.165, 1.54) is 60.2 Å². The standard InChI is InChI=1S/C30H23N3/c1-3-18-7-5-8-19(4-2)27(18)26-17-32-30-24-10-6-9-20-11-12-23-22-13-14-31-16-21(22)15-25(33(26)30)29(23)28(20)24/h5-17H,3-4H2,1-2H3. The van der Waals surface area contributed by atoms with E-state index in [1.807, 2.05) is 12.4 Å². The highest BCUT2D eigenvalue weighted by molar-refractivity contribution is 6.30. The lowest BCUT2D eigenvalue weighted by Crippen LogP contribution is -2.00. The van der Waals surface area contributed by atoms with Crippen molar-refractivity contribution in [2.75, 3.05) is 0 Å². The smallest absolute Gasteiger partial charge is 0.145 e. The van der Waals surface area contributed by atoms with Crippen LogP contribution in [0.5, 0.6) is 0 Å². The maximum atomic E-state index is 5.02. The zero-order chi connectivity index (χ0) is 22.1. The van der Waals surface area contributed by atoms with E-state index >= 15 is 0 Å². The SMILES string of the molecule is CCc1cccc(CC)c1-c1cnc2c3cccc4ccc5c6ccncc6cc(c5c43)n12. The van der Waals surface area contributed by atoms with Crippen molar-refractivity contribution < 1.29 is 0 Å². The number of fused-ring (bicyclic) bond motifs is 5. The maximum absolute atomic E-state index is 5.02. The summed E-state index contributed by atoms with van der Waals surface area (Å²) in [5.41, 5.74) is 7.46. The number of benzene rings is 4. The first-order valence-corrected chi connectivity index (χ1v) is 11.7. The Bertz CT molecular complexity index is 1820. The molecular formula is C30H23N3. The lowest BCUT2D eigenvalue weighted by molar-refractivity contribution is 1.08. The zero-order valence-corrected chi connectivity index (χ0v) is 18.8. The van der Waals surface area contributed by atoms with E-state index in [4.69, 9.17) is 4.98 Å². The average Bonchev–Trinajstić information content (AvgIpc) is 3.32. The Morgan fingerprint density at radius 3 is 2.36 bits per heavy atom. The third-order valence-corrected chi connectivity index (χ3v) is 7.23. The molecule has 3 nitrogen and oxygen atoms in total. The quantitative estimate of drug-likeness (QED) is 0.216. The Balaban J connectivity index is 1.79. The summed E-state index contributed by atoms with van der Waals surface area (Å²) in [6.45, 7) is 4.48. The van der Waals surface area contributed by atoms with Gasteiger partial charge in [0.2, 0.25) is 0 Å². The summed E-state index contributed by atoms with van der Waals surface area (Å²) in [6.07, 6.45) is 7.93. The number of nitrogens with zero attached hydrogens (tertiary/aromatic N) is 3. The van der Waals surface area contributed by atoms with Crippen molar-refractivity contribution in [3.8, 4) is 11.3 Å². The summed E-state index contributed by atoms with van der Waals surface area (Å²) < 4.78 is 2.39. The monoisotopic (exact) mass is 425 g/mol. The van der Waals surface area contributed by atoms with Crippen molar-refractivity contribution in [3.05, 3.63) is 90.4 Å².